The van der Waals surface area contributed by atoms with E-state index in [4.69, 9.17) is 4.42 Å². The van der Waals surface area contributed by atoms with Gasteiger partial charge in [0.2, 0.25) is 0 Å². The zero-order valence-corrected chi connectivity index (χ0v) is 22.6. The molecule has 3 aromatic carbocycles. The van der Waals surface area contributed by atoms with Gasteiger partial charge in [0.1, 0.15) is 17.2 Å². The number of carbonyl (C=O) groups excluding carboxylic acids is 2. The van der Waals surface area contributed by atoms with Crippen molar-refractivity contribution in [2.24, 2.45) is 5.10 Å². The van der Waals surface area contributed by atoms with Crippen LogP contribution in [0.25, 0.3) is 17.4 Å². The Balaban J connectivity index is 1.50. The smallest absolute Gasteiger partial charge is 0.287 e. The Labute approximate surface area is 237 Å². The predicted octanol–water partition coefficient (Wildman–Crippen LogP) is 5.62. The quantitative estimate of drug-likeness (QED) is 0.108. The standard InChI is InChI=1S/C31H29N5O5/c1-3-35(4-2)25-14-10-22(11-15-25)20-28(33-30(37)24-8-6-5-7-9-24)31(38)34-32-21-27-18-19-29(41-27)23-12-16-26(17-13-23)36(39)40/h5-21H,3-4H2,1-2H3,(H,33,37)(H,34,38)/b28-20+,32-21-. The summed E-state index contributed by atoms with van der Waals surface area (Å²) in [6.07, 6.45) is 2.90. The number of nitrogens with one attached hydrogen (secondary N) is 2. The molecule has 2 amide bonds. The molecule has 2 N–H and O–H groups in total. The molecule has 0 aliphatic rings. The first-order chi connectivity index (χ1) is 19.9. The minimum Gasteiger partial charge on any atom is -0.455 e. The van der Waals surface area contributed by atoms with Crippen LogP contribution in [0.5, 0.6) is 0 Å². The highest BCUT2D eigenvalue weighted by atomic mass is 16.6. The van der Waals surface area contributed by atoms with Crippen molar-refractivity contribution in [2.75, 3.05) is 18.0 Å². The molecule has 0 aliphatic heterocycles. The van der Waals surface area contributed by atoms with E-state index in [1.54, 1.807) is 60.7 Å². The third-order valence-electron chi connectivity index (χ3n) is 6.21. The minimum absolute atomic E-state index is 0.0117. The number of amides is 2. The molecular weight excluding hydrogens is 522 g/mol. The topological polar surface area (TPSA) is 130 Å². The van der Waals surface area contributed by atoms with Gasteiger partial charge in [0.05, 0.1) is 11.1 Å². The number of non-ortho nitro benzene ring substituents is 1. The minimum atomic E-state index is -0.625. The number of benzene rings is 3. The molecule has 41 heavy (non-hydrogen) atoms. The van der Waals surface area contributed by atoms with Crippen LogP contribution in [0.1, 0.15) is 35.5 Å². The lowest BCUT2D eigenvalue weighted by atomic mass is 10.1. The number of furan rings is 1. The summed E-state index contributed by atoms with van der Waals surface area (Å²) < 4.78 is 5.72. The Morgan fingerprint density at radius 1 is 0.927 bits per heavy atom. The lowest BCUT2D eigenvalue weighted by Crippen LogP contribution is -2.32. The molecule has 10 nitrogen and oxygen atoms in total. The molecule has 0 saturated heterocycles. The number of nitrogens with zero attached hydrogens (tertiary/aromatic N) is 3. The fourth-order valence-corrected chi connectivity index (χ4v) is 4.02. The van der Waals surface area contributed by atoms with Crippen LogP contribution in [0.15, 0.2) is 106 Å². The fraction of sp³-hybridized carbons (Fsp3) is 0.129. The van der Waals surface area contributed by atoms with Crippen molar-refractivity contribution in [2.45, 2.75) is 13.8 Å². The molecule has 208 valence electrons. The highest BCUT2D eigenvalue weighted by Gasteiger charge is 2.15. The van der Waals surface area contributed by atoms with Crippen LogP contribution in [0, 0.1) is 10.1 Å². The van der Waals surface area contributed by atoms with Crippen LogP contribution in [-0.2, 0) is 4.79 Å². The lowest BCUT2D eigenvalue weighted by Gasteiger charge is -2.20. The maximum Gasteiger partial charge on any atom is 0.287 e. The Bertz CT molecular complexity index is 1550. The molecular formula is C31H29N5O5. The monoisotopic (exact) mass is 551 g/mol. The highest BCUT2D eigenvalue weighted by molar-refractivity contribution is 6.05. The van der Waals surface area contributed by atoms with Crippen LogP contribution < -0.4 is 15.6 Å². The average molecular weight is 552 g/mol. The van der Waals surface area contributed by atoms with Crippen molar-refractivity contribution in [3.05, 3.63) is 124 Å². The van der Waals surface area contributed by atoms with Crippen molar-refractivity contribution < 1.29 is 18.9 Å². The summed E-state index contributed by atoms with van der Waals surface area (Å²) in [5.74, 6) is -0.226. The molecule has 0 saturated carbocycles. The zero-order valence-electron chi connectivity index (χ0n) is 22.6. The van der Waals surface area contributed by atoms with E-state index in [2.05, 4.69) is 34.6 Å². The molecule has 0 bridgehead atoms. The van der Waals surface area contributed by atoms with Crippen molar-refractivity contribution in [1.29, 1.82) is 0 Å². The Morgan fingerprint density at radius 2 is 1.61 bits per heavy atom. The summed E-state index contributed by atoms with van der Waals surface area (Å²) in [5.41, 5.74) is 5.26. The van der Waals surface area contributed by atoms with Gasteiger partial charge < -0.3 is 14.6 Å². The second kappa shape index (κ2) is 13.5. The molecule has 0 unspecified atom stereocenters. The summed E-state index contributed by atoms with van der Waals surface area (Å²) >= 11 is 0. The first-order valence-electron chi connectivity index (χ1n) is 13.0. The first kappa shape index (κ1) is 28.5. The van der Waals surface area contributed by atoms with Crippen LogP contribution in [0.4, 0.5) is 11.4 Å². The number of nitro groups is 1. The number of nitro benzene ring substituents is 1. The number of hydrazone groups is 1. The molecule has 0 aliphatic carbocycles. The molecule has 0 fully saturated rings. The molecule has 10 heteroatoms. The van der Waals surface area contributed by atoms with Gasteiger partial charge in [-0.2, -0.15) is 5.10 Å². The van der Waals surface area contributed by atoms with Crippen molar-refractivity contribution >= 4 is 35.5 Å². The van der Waals surface area contributed by atoms with E-state index in [-0.39, 0.29) is 11.4 Å². The molecule has 4 aromatic rings. The van der Waals surface area contributed by atoms with E-state index < -0.39 is 16.7 Å². The number of hydrogen-bond donors (Lipinski definition) is 2. The number of anilines is 1. The van der Waals surface area contributed by atoms with E-state index in [9.17, 15) is 19.7 Å². The summed E-state index contributed by atoms with van der Waals surface area (Å²) in [5, 5.41) is 17.5. The maximum atomic E-state index is 13.1. The van der Waals surface area contributed by atoms with Crippen molar-refractivity contribution in [3.63, 3.8) is 0 Å². The number of hydrogen-bond acceptors (Lipinski definition) is 7. The number of carbonyl (C=O) groups is 2. The SMILES string of the molecule is CCN(CC)c1ccc(/C=C(/NC(=O)c2ccccc2)C(=O)N/N=C\c2ccc(-c3ccc([N+](=O)[O-])cc3)o2)cc1. The van der Waals surface area contributed by atoms with Gasteiger partial charge in [-0.15, -0.1) is 0 Å². The number of rotatable bonds is 11. The fourth-order valence-electron chi connectivity index (χ4n) is 4.02. The van der Waals surface area contributed by atoms with E-state index in [0.717, 1.165) is 24.3 Å². The third kappa shape index (κ3) is 7.54. The van der Waals surface area contributed by atoms with Crippen molar-refractivity contribution in [3.8, 4) is 11.3 Å². The molecule has 0 radical (unpaired) electrons. The molecule has 1 heterocycles. The second-order valence-corrected chi connectivity index (χ2v) is 8.85. The maximum absolute atomic E-state index is 13.1. The van der Waals surface area contributed by atoms with E-state index >= 15 is 0 Å². The van der Waals surface area contributed by atoms with Gasteiger partial charge in [-0.25, -0.2) is 5.43 Å². The normalized spacial score (nSPS) is 11.3. The Morgan fingerprint density at radius 3 is 2.24 bits per heavy atom. The van der Waals surface area contributed by atoms with Gasteiger partial charge in [0, 0.05) is 42.0 Å². The van der Waals surface area contributed by atoms with Gasteiger partial charge >= 0.3 is 0 Å². The second-order valence-electron chi connectivity index (χ2n) is 8.85. The first-order valence-corrected chi connectivity index (χ1v) is 13.0. The largest absolute Gasteiger partial charge is 0.455 e. The predicted molar refractivity (Wildman–Crippen MR) is 158 cm³/mol. The average Bonchev–Trinajstić information content (AvgIpc) is 3.47. The zero-order chi connectivity index (χ0) is 29.2. The van der Waals surface area contributed by atoms with Gasteiger partial charge in [0.15, 0.2) is 0 Å². The third-order valence-corrected chi connectivity index (χ3v) is 6.21. The molecule has 0 spiro atoms. The molecule has 4 rings (SSSR count). The van der Waals surface area contributed by atoms with Crippen LogP contribution in [-0.4, -0.2) is 36.0 Å². The summed E-state index contributed by atoms with van der Waals surface area (Å²) in [6, 6.07) is 25.6. The Hall–Kier alpha value is -5.51. The Kier molecular flexibility index (Phi) is 9.40. The lowest BCUT2D eigenvalue weighted by molar-refractivity contribution is -0.384. The summed E-state index contributed by atoms with van der Waals surface area (Å²) in [4.78, 5) is 38.5. The van der Waals surface area contributed by atoms with Crippen LogP contribution >= 0.6 is 0 Å². The van der Waals surface area contributed by atoms with Gasteiger partial charge in [-0.05, 0) is 74.0 Å². The van der Waals surface area contributed by atoms with E-state index in [1.807, 2.05) is 24.3 Å². The van der Waals surface area contributed by atoms with E-state index in [0.29, 0.717) is 22.6 Å². The molecule has 0 atom stereocenters. The highest BCUT2D eigenvalue weighted by Crippen LogP contribution is 2.24. The summed E-state index contributed by atoms with van der Waals surface area (Å²) in [6.45, 7) is 5.90. The molecule has 1 aromatic heterocycles. The van der Waals surface area contributed by atoms with Crippen LogP contribution in [0.3, 0.4) is 0 Å². The van der Waals surface area contributed by atoms with Gasteiger partial charge in [-0.1, -0.05) is 30.3 Å². The summed E-state index contributed by atoms with van der Waals surface area (Å²) in [7, 11) is 0. The van der Waals surface area contributed by atoms with Crippen molar-refractivity contribution in [1.82, 2.24) is 10.7 Å². The van der Waals surface area contributed by atoms with Gasteiger partial charge in [0.25, 0.3) is 17.5 Å². The van der Waals surface area contributed by atoms with Crippen LogP contribution in [0.2, 0.25) is 0 Å². The van der Waals surface area contributed by atoms with E-state index in [1.165, 1.54) is 18.3 Å². The van der Waals surface area contributed by atoms with Gasteiger partial charge in [-0.3, -0.25) is 19.7 Å².